The number of aromatic nitrogens is 2. The van der Waals surface area contributed by atoms with Gasteiger partial charge in [0.05, 0.1) is 12.3 Å². The van der Waals surface area contributed by atoms with Crippen LogP contribution in [0.15, 0.2) is 42.9 Å². The maximum Gasteiger partial charge on any atom is 0.253 e. The van der Waals surface area contributed by atoms with Crippen LogP contribution >= 0.6 is 0 Å². The number of carbonyl (C=O) groups excluding carboxylic acids is 1. The van der Waals surface area contributed by atoms with E-state index < -0.39 is 0 Å². The van der Waals surface area contributed by atoms with Crippen molar-refractivity contribution in [2.75, 3.05) is 44.3 Å². The Hall–Kier alpha value is -2.67. The van der Waals surface area contributed by atoms with Gasteiger partial charge in [0.25, 0.3) is 5.91 Å². The van der Waals surface area contributed by atoms with Crippen LogP contribution in [0.1, 0.15) is 23.2 Å². The number of rotatable bonds is 5. The van der Waals surface area contributed by atoms with Crippen LogP contribution in [-0.2, 0) is 4.74 Å². The molecule has 0 bridgehead atoms. The fourth-order valence-electron chi connectivity index (χ4n) is 3.43. The van der Waals surface area contributed by atoms with Crippen molar-refractivity contribution in [2.24, 2.45) is 0 Å². The molecule has 1 amide bonds. The number of amides is 1. The molecular weight excluding hydrogens is 344 g/mol. The Balaban J connectivity index is 1.29. The van der Waals surface area contributed by atoms with E-state index in [1.54, 1.807) is 18.6 Å². The largest absolute Gasteiger partial charge is 0.491 e. The average molecular weight is 368 g/mol. The van der Waals surface area contributed by atoms with E-state index in [9.17, 15) is 4.79 Å². The van der Waals surface area contributed by atoms with Gasteiger partial charge in [-0.25, -0.2) is 4.98 Å². The highest BCUT2D eigenvalue weighted by Gasteiger charge is 2.23. The van der Waals surface area contributed by atoms with Crippen molar-refractivity contribution in [1.29, 1.82) is 0 Å². The van der Waals surface area contributed by atoms with Crippen molar-refractivity contribution >= 4 is 11.7 Å². The molecule has 3 heterocycles. The van der Waals surface area contributed by atoms with Crippen LogP contribution in [0.25, 0.3) is 0 Å². The summed E-state index contributed by atoms with van der Waals surface area (Å²) in [7, 11) is 0. The minimum Gasteiger partial charge on any atom is -0.491 e. The van der Waals surface area contributed by atoms with Gasteiger partial charge in [0, 0.05) is 50.7 Å². The quantitative estimate of drug-likeness (QED) is 0.804. The predicted molar refractivity (Wildman–Crippen MR) is 101 cm³/mol. The third-order valence-electron chi connectivity index (χ3n) is 5.00. The molecule has 27 heavy (non-hydrogen) atoms. The summed E-state index contributed by atoms with van der Waals surface area (Å²) in [5.74, 6) is 1.69. The van der Waals surface area contributed by atoms with E-state index >= 15 is 0 Å². The summed E-state index contributed by atoms with van der Waals surface area (Å²) in [5.41, 5.74) is 0.687. The number of hydrogen-bond acceptors (Lipinski definition) is 6. The lowest BCUT2D eigenvalue weighted by Gasteiger charge is -2.35. The number of carbonyl (C=O) groups is 1. The van der Waals surface area contributed by atoms with E-state index in [0.717, 1.165) is 44.1 Å². The molecule has 0 saturated carbocycles. The zero-order valence-electron chi connectivity index (χ0n) is 15.3. The Morgan fingerprint density at radius 1 is 1.15 bits per heavy atom. The van der Waals surface area contributed by atoms with Crippen molar-refractivity contribution < 1.29 is 14.3 Å². The first-order chi connectivity index (χ1) is 13.3. The highest BCUT2D eigenvalue weighted by Crippen LogP contribution is 2.18. The molecule has 0 aliphatic carbocycles. The zero-order valence-corrected chi connectivity index (χ0v) is 15.3. The molecule has 7 heteroatoms. The molecule has 2 aromatic rings. The highest BCUT2D eigenvalue weighted by atomic mass is 16.5. The van der Waals surface area contributed by atoms with Gasteiger partial charge >= 0.3 is 0 Å². The summed E-state index contributed by atoms with van der Waals surface area (Å²) in [6, 6.07) is 7.39. The minimum absolute atomic E-state index is 0.0551. The van der Waals surface area contributed by atoms with Gasteiger partial charge in [0.2, 0.25) is 0 Å². The number of ether oxygens (including phenoxy) is 2. The smallest absolute Gasteiger partial charge is 0.253 e. The molecule has 1 aromatic carbocycles. The van der Waals surface area contributed by atoms with Gasteiger partial charge in [-0.15, -0.1) is 0 Å². The van der Waals surface area contributed by atoms with Gasteiger partial charge < -0.3 is 19.3 Å². The third-order valence-corrected chi connectivity index (χ3v) is 5.00. The lowest BCUT2D eigenvalue weighted by atomic mass is 10.1. The SMILES string of the molecule is O=C(c1ccc(OC[C@@H]2CCCO2)cc1)N1CCN(c2cnccn2)CC1. The number of benzene rings is 1. The van der Waals surface area contributed by atoms with Gasteiger partial charge in [0.15, 0.2) is 0 Å². The van der Waals surface area contributed by atoms with Crippen molar-refractivity contribution in [2.45, 2.75) is 18.9 Å². The van der Waals surface area contributed by atoms with Gasteiger partial charge in [0.1, 0.15) is 18.2 Å². The topological polar surface area (TPSA) is 67.8 Å². The van der Waals surface area contributed by atoms with Crippen LogP contribution in [0.3, 0.4) is 0 Å². The van der Waals surface area contributed by atoms with E-state index in [-0.39, 0.29) is 12.0 Å². The van der Waals surface area contributed by atoms with Crippen LogP contribution in [0.5, 0.6) is 5.75 Å². The standard InChI is InChI=1S/C20H24N4O3/c25-20(24-11-9-23(10-12-24)19-14-21-7-8-22-19)16-3-5-17(6-4-16)27-15-18-2-1-13-26-18/h3-8,14,18H,1-2,9-13,15H2/t18-/m0/s1. The Morgan fingerprint density at radius 2 is 1.96 bits per heavy atom. The van der Waals surface area contributed by atoms with Crippen molar-refractivity contribution in [3.8, 4) is 5.75 Å². The van der Waals surface area contributed by atoms with E-state index in [1.807, 2.05) is 29.2 Å². The van der Waals surface area contributed by atoms with Crippen LogP contribution in [0, 0.1) is 0 Å². The Labute approximate surface area is 158 Å². The molecule has 1 aromatic heterocycles. The molecule has 7 nitrogen and oxygen atoms in total. The maximum atomic E-state index is 12.7. The average Bonchev–Trinajstić information content (AvgIpc) is 3.27. The number of nitrogens with zero attached hydrogens (tertiary/aromatic N) is 4. The normalized spacial score (nSPS) is 19.9. The summed E-state index contributed by atoms with van der Waals surface area (Å²) in [6.07, 6.45) is 7.46. The van der Waals surface area contributed by atoms with Crippen LogP contribution in [0.2, 0.25) is 0 Å². The van der Waals surface area contributed by atoms with Crippen molar-refractivity contribution in [3.63, 3.8) is 0 Å². The number of hydrogen-bond donors (Lipinski definition) is 0. The highest BCUT2D eigenvalue weighted by molar-refractivity contribution is 5.94. The zero-order chi connectivity index (χ0) is 18.5. The van der Waals surface area contributed by atoms with Gasteiger partial charge in [-0.2, -0.15) is 0 Å². The maximum absolute atomic E-state index is 12.7. The molecule has 2 aliphatic heterocycles. The molecule has 142 valence electrons. The summed E-state index contributed by atoms with van der Waals surface area (Å²) in [5, 5.41) is 0. The first-order valence-corrected chi connectivity index (χ1v) is 9.44. The Morgan fingerprint density at radius 3 is 2.63 bits per heavy atom. The molecule has 0 radical (unpaired) electrons. The molecule has 0 N–H and O–H groups in total. The Bertz CT molecular complexity index is 740. The minimum atomic E-state index is 0.0551. The van der Waals surface area contributed by atoms with Gasteiger partial charge in [-0.3, -0.25) is 9.78 Å². The van der Waals surface area contributed by atoms with Gasteiger partial charge in [-0.1, -0.05) is 0 Å². The summed E-state index contributed by atoms with van der Waals surface area (Å²) in [4.78, 5) is 25.2. The lowest BCUT2D eigenvalue weighted by Crippen LogP contribution is -2.49. The van der Waals surface area contributed by atoms with Crippen LogP contribution < -0.4 is 9.64 Å². The molecular formula is C20H24N4O3. The fourth-order valence-corrected chi connectivity index (χ4v) is 3.43. The monoisotopic (exact) mass is 368 g/mol. The first-order valence-electron chi connectivity index (χ1n) is 9.44. The van der Waals surface area contributed by atoms with Crippen LogP contribution in [0.4, 0.5) is 5.82 Å². The third kappa shape index (κ3) is 4.36. The molecule has 0 spiro atoms. The van der Waals surface area contributed by atoms with E-state index in [1.165, 1.54) is 0 Å². The fraction of sp³-hybridized carbons (Fsp3) is 0.450. The Kier molecular flexibility index (Phi) is 5.48. The molecule has 1 atom stereocenters. The van der Waals surface area contributed by atoms with E-state index in [0.29, 0.717) is 25.3 Å². The summed E-state index contributed by atoms with van der Waals surface area (Å²) < 4.78 is 11.3. The van der Waals surface area contributed by atoms with Crippen molar-refractivity contribution in [3.05, 3.63) is 48.4 Å². The molecule has 0 unspecified atom stereocenters. The van der Waals surface area contributed by atoms with Crippen LogP contribution in [-0.4, -0.2) is 66.3 Å². The van der Waals surface area contributed by atoms with E-state index in [4.69, 9.17) is 9.47 Å². The molecule has 2 saturated heterocycles. The second-order valence-corrected chi connectivity index (χ2v) is 6.81. The summed E-state index contributed by atoms with van der Waals surface area (Å²) in [6.45, 7) is 4.25. The van der Waals surface area contributed by atoms with Gasteiger partial charge in [-0.05, 0) is 37.1 Å². The second-order valence-electron chi connectivity index (χ2n) is 6.81. The number of anilines is 1. The molecule has 2 fully saturated rings. The van der Waals surface area contributed by atoms with Crippen molar-refractivity contribution in [1.82, 2.24) is 14.9 Å². The first kappa shape index (κ1) is 17.7. The lowest BCUT2D eigenvalue weighted by molar-refractivity contribution is 0.0678. The second kappa shape index (κ2) is 8.35. The summed E-state index contributed by atoms with van der Waals surface area (Å²) >= 11 is 0. The molecule has 2 aliphatic rings. The number of piperazine rings is 1. The predicted octanol–water partition coefficient (Wildman–Crippen LogP) is 2.00. The molecule has 4 rings (SSSR count). The van der Waals surface area contributed by atoms with E-state index in [2.05, 4.69) is 14.9 Å².